The molecule has 0 aliphatic carbocycles. The predicted molar refractivity (Wildman–Crippen MR) is 102 cm³/mol. The van der Waals surface area contributed by atoms with E-state index in [1.165, 1.54) is 12.1 Å². The zero-order valence-corrected chi connectivity index (χ0v) is 15.6. The number of likely N-dealkylation sites (tertiary alicyclic amines) is 1. The molecule has 2 aromatic rings. The van der Waals surface area contributed by atoms with Crippen LogP contribution in [0.15, 0.2) is 42.5 Å². The standard InChI is InChI=1S/C21H21ClFNO3/c22-19-13-17(23)6-5-16(19)12-20(25)24-9-7-14(8-10-24)11-15-3-1-2-4-18(15)21(26)27/h1-6,13-14H,7-12H2,(H,26,27). The topological polar surface area (TPSA) is 57.6 Å². The van der Waals surface area contributed by atoms with E-state index in [9.17, 15) is 19.1 Å². The lowest BCUT2D eigenvalue weighted by atomic mass is 9.88. The molecule has 142 valence electrons. The Balaban J connectivity index is 1.56. The van der Waals surface area contributed by atoms with Crippen LogP contribution in [-0.2, 0) is 17.6 Å². The van der Waals surface area contributed by atoms with Crippen molar-refractivity contribution >= 4 is 23.5 Å². The van der Waals surface area contributed by atoms with E-state index in [0.717, 1.165) is 18.4 Å². The highest BCUT2D eigenvalue weighted by atomic mass is 35.5. The van der Waals surface area contributed by atoms with Crippen molar-refractivity contribution in [1.29, 1.82) is 0 Å². The van der Waals surface area contributed by atoms with Crippen molar-refractivity contribution in [1.82, 2.24) is 4.90 Å². The van der Waals surface area contributed by atoms with Crippen molar-refractivity contribution in [2.45, 2.75) is 25.7 Å². The maximum atomic E-state index is 13.1. The van der Waals surface area contributed by atoms with E-state index in [1.54, 1.807) is 23.1 Å². The number of carboxylic acids is 1. The number of carbonyl (C=O) groups is 2. The number of nitrogens with zero attached hydrogens (tertiary/aromatic N) is 1. The summed E-state index contributed by atoms with van der Waals surface area (Å²) in [5, 5.41) is 9.57. The van der Waals surface area contributed by atoms with Crippen molar-refractivity contribution in [2.75, 3.05) is 13.1 Å². The summed E-state index contributed by atoms with van der Waals surface area (Å²) >= 11 is 6.01. The molecule has 0 saturated carbocycles. The summed E-state index contributed by atoms with van der Waals surface area (Å²) in [4.78, 5) is 25.7. The third-order valence-corrected chi connectivity index (χ3v) is 5.43. The summed E-state index contributed by atoms with van der Waals surface area (Å²) in [6, 6.07) is 11.1. The van der Waals surface area contributed by atoms with Gasteiger partial charge >= 0.3 is 5.97 Å². The molecular formula is C21H21ClFNO3. The number of hydrogen-bond acceptors (Lipinski definition) is 2. The molecule has 1 aliphatic rings. The Morgan fingerprint density at radius 1 is 1.11 bits per heavy atom. The van der Waals surface area contributed by atoms with Crippen molar-refractivity contribution in [3.05, 3.63) is 70.0 Å². The molecule has 3 rings (SSSR count). The molecule has 0 bridgehead atoms. The number of hydrogen-bond donors (Lipinski definition) is 1. The van der Waals surface area contributed by atoms with Gasteiger partial charge in [0.2, 0.25) is 5.91 Å². The van der Waals surface area contributed by atoms with Crippen LogP contribution in [0.1, 0.15) is 34.3 Å². The quantitative estimate of drug-likeness (QED) is 0.833. The van der Waals surface area contributed by atoms with Gasteiger partial charge in [0.1, 0.15) is 5.82 Å². The third-order valence-electron chi connectivity index (χ3n) is 5.08. The fraction of sp³-hybridized carbons (Fsp3) is 0.333. The monoisotopic (exact) mass is 389 g/mol. The molecule has 0 spiro atoms. The van der Waals surface area contributed by atoms with Crippen LogP contribution in [0.5, 0.6) is 0 Å². The lowest BCUT2D eigenvalue weighted by Crippen LogP contribution is -2.39. The average molecular weight is 390 g/mol. The minimum absolute atomic E-state index is 0.0205. The van der Waals surface area contributed by atoms with Gasteiger partial charge in [0.25, 0.3) is 0 Å². The van der Waals surface area contributed by atoms with Gasteiger partial charge in [-0.25, -0.2) is 9.18 Å². The SMILES string of the molecule is O=C(O)c1ccccc1CC1CCN(C(=O)Cc2ccc(F)cc2Cl)CC1. The Morgan fingerprint density at radius 3 is 2.48 bits per heavy atom. The van der Waals surface area contributed by atoms with E-state index in [4.69, 9.17) is 11.6 Å². The van der Waals surface area contributed by atoms with Gasteiger partial charge in [0.05, 0.1) is 12.0 Å². The van der Waals surface area contributed by atoms with E-state index in [-0.39, 0.29) is 17.4 Å². The summed E-state index contributed by atoms with van der Waals surface area (Å²) in [7, 11) is 0. The molecule has 0 atom stereocenters. The smallest absolute Gasteiger partial charge is 0.335 e. The first-order valence-electron chi connectivity index (χ1n) is 8.97. The first kappa shape index (κ1) is 19.4. The van der Waals surface area contributed by atoms with Gasteiger partial charge in [0.15, 0.2) is 0 Å². The van der Waals surface area contributed by atoms with Crippen LogP contribution < -0.4 is 0 Å². The molecule has 4 nitrogen and oxygen atoms in total. The molecular weight excluding hydrogens is 369 g/mol. The predicted octanol–water partition coefficient (Wildman–Crippen LogP) is 4.20. The number of amides is 1. The highest BCUT2D eigenvalue weighted by Crippen LogP contribution is 2.25. The highest BCUT2D eigenvalue weighted by molar-refractivity contribution is 6.31. The van der Waals surface area contributed by atoms with E-state index < -0.39 is 11.8 Å². The number of carbonyl (C=O) groups excluding carboxylic acids is 1. The Kier molecular flexibility index (Phi) is 6.11. The number of rotatable bonds is 5. The number of aromatic carboxylic acids is 1. The summed E-state index contributed by atoms with van der Waals surface area (Å²) in [5.74, 6) is -0.995. The summed E-state index contributed by atoms with van der Waals surface area (Å²) in [5.41, 5.74) is 1.82. The van der Waals surface area contributed by atoms with Crippen molar-refractivity contribution in [3.8, 4) is 0 Å². The second-order valence-corrected chi connectivity index (χ2v) is 7.31. The van der Waals surface area contributed by atoms with Crippen LogP contribution in [0, 0.1) is 11.7 Å². The lowest BCUT2D eigenvalue weighted by Gasteiger charge is -2.32. The van der Waals surface area contributed by atoms with Crippen LogP contribution in [-0.4, -0.2) is 35.0 Å². The van der Waals surface area contributed by atoms with E-state index >= 15 is 0 Å². The van der Waals surface area contributed by atoms with Gasteiger partial charge in [-0.2, -0.15) is 0 Å². The van der Waals surface area contributed by atoms with Crippen molar-refractivity contribution in [3.63, 3.8) is 0 Å². The largest absolute Gasteiger partial charge is 0.478 e. The van der Waals surface area contributed by atoms with Gasteiger partial charge < -0.3 is 10.0 Å². The minimum atomic E-state index is -0.908. The second-order valence-electron chi connectivity index (χ2n) is 6.90. The maximum absolute atomic E-state index is 13.1. The number of piperidine rings is 1. The number of carboxylic acid groups (broad SMARTS) is 1. The van der Waals surface area contributed by atoms with Crippen LogP contribution in [0.2, 0.25) is 5.02 Å². The van der Waals surface area contributed by atoms with Gasteiger partial charge in [0, 0.05) is 18.1 Å². The molecule has 1 heterocycles. The van der Waals surface area contributed by atoms with Gasteiger partial charge in [-0.15, -0.1) is 0 Å². The third kappa shape index (κ3) is 4.86. The lowest BCUT2D eigenvalue weighted by molar-refractivity contribution is -0.131. The van der Waals surface area contributed by atoms with Crippen LogP contribution in [0.4, 0.5) is 4.39 Å². The van der Waals surface area contributed by atoms with Crippen molar-refractivity contribution < 1.29 is 19.1 Å². The van der Waals surface area contributed by atoms with Crippen LogP contribution >= 0.6 is 11.6 Å². The first-order chi connectivity index (χ1) is 12.9. The summed E-state index contributed by atoms with van der Waals surface area (Å²) < 4.78 is 13.1. The summed E-state index contributed by atoms with van der Waals surface area (Å²) in [6.07, 6.45) is 2.52. The fourth-order valence-corrected chi connectivity index (χ4v) is 3.78. The Morgan fingerprint density at radius 2 is 1.81 bits per heavy atom. The molecule has 2 aromatic carbocycles. The Hall–Kier alpha value is -2.40. The molecule has 1 fully saturated rings. The maximum Gasteiger partial charge on any atom is 0.335 e. The molecule has 1 aliphatic heterocycles. The molecule has 0 aromatic heterocycles. The molecule has 0 unspecified atom stereocenters. The zero-order valence-electron chi connectivity index (χ0n) is 14.8. The van der Waals surface area contributed by atoms with Gasteiger partial charge in [-0.1, -0.05) is 35.9 Å². The minimum Gasteiger partial charge on any atom is -0.478 e. The zero-order chi connectivity index (χ0) is 19.4. The summed E-state index contributed by atoms with van der Waals surface area (Å²) in [6.45, 7) is 1.27. The normalized spacial score (nSPS) is 15.0. The average Bonchev–Trinajstić information content (AvgIpc) is 2.65. The van der Waals surface area contributed by atoms with E-state index in [2.05, 4.69) is 0 Å². The van der Waals surface area contributed by atoms with Crippen LogP contribution in [0.25, 0.3) is 0 Å². The second kappa shape index (κ2) is 8.53. The van der Waals surface area contributed by atoms with E-state index in [1.807, 2.05) is 12.1 Å². The molecule has 6 heteroatoms. The van der Waals surface area contributed by atoms with Crippen molar-refractivity contribution in [2.24, 2.45) is 5.92 Å². The van der Waals surface area contributed by atoms with Gasteiger partial charge in [-0.05, 0) is 54.5 Å². The molecule has 1 amide bonds. The first-order valence-corrected chi connectivity index (χ1v) is 9.34. The molecule has 1 saturated heterocycles. The van der Waals surface area contributed by atoms with E-state index in [0.29, 0.717) is 36.6 Å². The number of halogens is 2. The highest BCUT2D eigenvalue weighted by Gasteiger charge is 2.24. The molecule has 0 radical (unpaired) electrons. The number of benzene rings is 2. The molecule has 27 heavy (non-hydrogen) atoms. The Labute approximate surface area is 162 Å². The molecule has 1 N–H and O–H groups in total. The van der Waals surface area contributed by atoms with Gasteiger partial charge in [-0.3, -0.25) is 4.79 Å². The fourth-order valence-electron chi connectivity index (χ4n) is 3.54. The van der Waals surface area contributed by atoms with Crippen LogP contribution in [0.3, 0.4) is 0 Å². The Bertz CT molecular complexity index is 847.